The van der Waals surface area contributed by atoms with Crippen molar-refractivity contribution < 1.29 is 18.7 Å². The molecule has 2 aromatic heterocycles. The number of carbonyl (C=O) groups is 1. The third-order valence-corrected chi connectivity index (χ3v) is 5.69. The number of thiophene rings is 1. The minimum Gasteiger partial charge on any atom is -0.497 e. The molecule has 0 spiro atoms. The molecular weight excluding hydrogens is 417 g/mol. The summed E-state index contributed by atoms with van der Waals surface area (Å²) < 4.78 is 24.3. The van der Waals surface area contributed by atoms with Gasteiger partial charge in [0.1, 0.15) is 22.7 Å². The Kier molecular flexibility index (Phi) is 6.08. The average Bonchev–Trinajstić information content (AvgIpc) is 3.23. The lowest BCUT2D eigenvalue weighted by Gasteiger charge is -2.18. The number of hydrogen-bond donors (Lipinski definition) is 0. The van der Waals surface area contributed by atoms with Gasteiger partial charge in [0.2, 0.25) is 5.88 Å². The van der Waals surface area contributed by atoms with Crippen LogP contribution in [0.2, 0.25) is 0 Å². The average molecular weight is 437 g/mol. The van der Waals surface area contributed by atoms with Gasteiger partial charge < -0.3 is 14.4 Å². The monoisotopic (exact) mass is 437 g/mol. The van der Waals surface area contributed by atoms with Crippen molar-refractivity contribution in [3.8, 4) is 22.8 Å². The molecule has 0 radical (unpaired) electrons. The van der Waals surface area contributed by atoms with Crippen LogP contribution >= 0.6 is 11.3 Å². The number of fused-ring (bicyclic) bond motifs is 1. The molecule has 0 N–H and O–H groups in total. The van der Waals surface area contributed by atoms with Crippen LogP contribution in [0.5, 0.6) is 11.6 Å². The molecule has 0 saturated heterocycles. The molecule has 31 heavy (non-hydrogen) atoms. The molecule has 8 heteroatoms. The number of carbonyl (C=O) groups excluding carboxylic acids is 1. The zero-order valence-electron chi connectivity index (χ0n) is 17.0. The third kappa shape index (κ3) is 4.64. The fourth-order valence-corrected chi connectivity index (χ4v) is 4.08. The molecule has 6 nitrogen and oxygen atoms in total. The van der Waals surface area contributed by atoms with Crippen LogP contribution in [0.4, 0.5) is 4.39 Å². The van der Waals surface area contributed by atoms with Crippen molar-refractivity contribution in [3.63, 3.8) is 0 Å². The van der Waals surface area contributed by atoms with Crippen molar-refractivity contribution in [2.45, 2.75) is 6.54 Å². The van der Waals surface area contributed by atoms with Gasteiger partial charge in [-0.1, -0.05) is 24.3 Å². The summed E-state index contributed by atoms with van der Waals surface area (Å²) in [5.41, 5.74) is 2.62. The molecule has 158 valence electrons. The van der Waals surface area contributed by atoms with Gasteiger partial charge in [-0.2, -0.15) is 0 Å². The Labute approximate surface area is 182 Å². The molecule has 0 saturated carbocycles. The van der Waals surface area contributed by atoms with Crippen LogP contribution < -0.4 is 9.47 Å². The lowest BCUT2D eigenvalue weighted by molar-refractivity contribution is -0.132. The Morgan fingerprint density at radius 2 is 1.97 bits per heavy atom. The second-order valence-corrected chi connectivity index (χ2v) is 7.76. The van der Waals surface area contributed by atoms with E-state index in [1.807, 2.05) is 29.6 Å². The van der Waals surface area contributed by atoms with Crippen molar-refractivity contribution in [1.29, 1.82) is 0 Å². The van der Waals surface area contributed by atoms with Gasteiger partial charge in [0.05, 0.1) is 12.5 Å². The van der Waals surface area contributed by atoms with Crippen molar-refractivity contribution >= 4 is 27.5 Å². The number of amides is 1. The maximum Gasteiger partial charge on any atom is 0.260 e. The van der Waals surface area contributed by atoms with Gasteiger partial charge in [-0.15, -0.1) is 11.3 Å². The predicted octanol–water partition coefficient (Wildman–Crippen LogP) is 4.54. The van der Waals surface area contributed by atoms with E-state index in [1.54, 1.807) is 31.2 Å². The number of halogens is 1. The van der Waals surface area contributed by atoms with Crippen molar-refractivity contribution in [1.82, 2.24) is 14.9 Å². The topological polar surface area (TPSA) is 64.5 Å². The molecule has 0 aliphatic heterocycles. The first-order chi connectivity index (χ1) is 15.0. The zero-order chi connectivity index (χ0) is 21.8. The van der Waals surface area contributed by atoms with E-state index in [4.69, 9.17) is 9.47 Å². The summed E-state index contributed by atoms with van der Waals surface area (Å²) in [4.78, 5) is 23.5. The molecule has 1 amide bonds. The second kappa shape index (κ2) is 9.09. The van der Waals surface area contributed by atoms with Gasteiger partial charge in [0.25, 0.3) is 5.91 Å². The number of aromatic nitrogens is 2. The summed E-state index contributed by atoms with van der Waals surface area (Å²) in [5, 5.41) is 2.64. The van der Waals surface area contributed by atoms with E-state index in [0.29, 0.717) is 17.8 Å². The van der Waals surface area contributed by atoms with E-state index >= 15 is 0 Å². The van der Waals surface area contributed by atoms with E-state index in [-0.39, 0.29) is 18.3 Å². The lowest BCUT2D eigenvalue weighted by atomic mass is 10.1. The normalized spacial score (nSPS) is 10.8. The fourth-order valence-electron chi connectivity index (χ4n) is 3.17. The van der Waals surface area contributed by atoms with E-state index in [2.05, 4.69) is 9.97 Å². The number of ether oxygens (including phenoxy) is 2. The summed E-state index contributed by atoms with van der Waals surface area (Å²) in [6.07, 6.45) is 1.41. The summed E-state index contributed by atoms with van der Waals surface area (Å²) in [6, 6.07) is 13.8. The third-order valence-electron chi connectivity index (χ3n) is 4.80. The largest absolute Gasteiger partial charge is 0.497 e. The summed E-state index contributed by atoms with van der Waals surface area (Å²) in [5.74, 6) is 0.575. The van der Waals surface area contributed by atoms with Crippen molar-refractivity contribution in [2.24, 2.45) is 0 Å². The number of hydrogen-bond acceptors (Lipinski definition) is 6. The molecule has 0 fully saturated rings. The highest BCUT2D eigenvalue weighted by atomic mass is 32.1. The van der Waals surface area contributed by atoms with Gasteiger partial charge in [-0.3, -0.25) is 4.79 Å². The molecule has 0 bridgehead atoms. The summed E-state index contributed by atoms with van der Waals surface area (Å²) in [6.45, 7) is 0.267. The smallest absolute Gasteiger partial charge is 0.260 e. The van der Waals surface area contributed by atoms with Gasteiger partial charge >= 0.3 is 0 Å². The molecular formula is C23H20FN3O3S. The first kappa shape index (κ1) is 20.7. The molecule has 0 unspecified atom stereocenters. The molecule has 0 atom stereocenters. The van der Waals surface area contributed by atoms with E-state index in [9.17, 15) is 9.18 Å². The van der Waals surface area contributed by atoms with Crippen LogP contribution in [-0.2, 0) is 11.3 Å². The molecule has 2 aromatic carbocycles. The summed E-state index contributed by atoms with van der Waals surface area (Å²) in [7, 11) is 3.32. The number of likely N-dealkylation sites (N-methyl/N-ethyl adjacent to an activating group) is 1. The van der Waals surface area contributed by atoms with E-state index in [0.717, 1.165) is 27.3 Å². The van der Waals surface area contributed by atoms with Gasteiger partial charge in [0.15, 0.2) is 6.61 Å². The van der Waals surface area contributed by atoms with Crippen molar-refractivity contribution in [3.05, 3.63) is 71.6 Å². The number of methoxy groups -OCH3 is 1. The van der Waals surface area contributed by atoms with Crippen LogP contribution in [0.1, 0.15) is 5.56 Å². The SMILES string of the molecule is COc1cccc(CN(C)C(=O)COc2ncnc3scc(-c4ccc(F)cc4)c23)c1. The molecule has 4 aromatic rings. The Bertz CT molecular complexity index is 1210. The van der Waals surface area contributed by atoms with Gasteiger partial charge in [-0.05, 0) is 35.4 Å². The Hall–Kier alpha value is -3.52. The Morgan fingerprint density at radius 1 is 1.16 bits per heavy atom. The van der Waals surface area contributed by atoms with E-state index < -0.39 is 0 Å². The van der Waals surface area contributed by atoms with Crippen LogP contribution in [0.3, 0.4) is 0 Å². The second-order valence-electron chi connectivity index (χ2n) is 6.91. The summed E-state index contributed by atoms with van der Waals surface area (Å²) >= 11 is 1.44. The maximum absolute atomic E-state index is 13.3. The Balaban J connectivity index is 1.50. The molecule has 4 rings (SSSR count). The van der Waals surface area contributed by atoms with Crippen LogP contribution in [0, 0.1) is 5.82 Å². The molecule has 0 aliphatic rings. The minimum absolute atomic E-state index is 0.161. The molecule has 2 heterocycles. The first-order valence-electron chi connectivity index (χ1n) is 9.53. The van der Waals surface area contributed by atoms with Crippen molar-refractivity contribution in [2.75, 3.05) is 20.8 Å². The van der Waals surface area contributed by atoms with Crippen LogP contribution in [0.15, 0.2) is 60.2 Å². The van der Waals surface area contributed by atoms with Gasteiger partial charge in [-0.25, -0.2) is 14.4 Å². The number of rotatable bonds is 7. The maximum atomic E-state index is 13.3. The highest BCUT2D eigenvalue weighted by Crippen LogP contribution is 2.37. The predicted molar refractivity (Wildman–Crippen MR) is 118 cm³/mol. The minimum atomic E-state index is -0.305. The van der Waals surface area contributed by atoms with E-state index in [1.165, 1.54) is 29.8 Å². The standard InChI is InChI=1S/C23H20FN3O3S/c1-27(11-15-4-3-5-18(10-15)29-2)20(28)12-30-22-21-19(13-31-23(21)26-14-25-22)16-6-8-17(24)9-7-16/h3-10,13-14H,11-12H2,1-2H3. The highest BCUT2D eigenvalue weighted by Gasteiger charge is 2.17. The fraction of sp³-hybridized carbons (Fsp3) is 0.174. The lowest BCUT2D eigenvalue weighted by Crippen LogP contribution is -2.31. The van der Waals surface area contributed by atoms with Crippen LogP contribution in [-0.4, -0.2) is 41.5 Å². The molecule has 0 aliphatic carbocycles. The first-order valence-corrected chi connectivity index (χ1v) is 10.4. The van der Waals surface area contributed by atoms with Crippen LogP contribution in [0.25, 0.3) is 21.3 Å². The highest BCUT2D eigenvalue weighted by molar-refractivity contribution is 7.17. The number of nitrogens with zero attached hydrogens (tertiary/aromatic N) is 3. The quantitative estimate of drug-likeness (QED) is 0.425. The zero-order valence-corrected chi connectivity index (χ0v) is 17.9. The number of benzene rings is 2. The Morgan fingerprint density at radius 3 is 2.74 bits per heavy atom. The van der Waals surface area contributed by atoms with Gasteiger partial charge in [0, 0.05) is 24.5 Å².